The van der Waals surface area contributed by atoms with E-state index in [0.717, 1.165) is 5.56 Å². The quantitative estimate of drug-likeness (QED) is 0.686. The molecular formula is C19H23N3O3. The van der Waals surface area contributed by atoms with E-state index < -0.39 is 0 Å². The summed E-state index contributed by atoms with van der Waals surface area (Å²) in [6, 6.07) is 16.0. The van der Waals surface area contributed by atoms with E-state index in [1.807, 2.05) is 37.3 Å². The lowest BCUT2D eigenvalue weighted by Crippen LogP contribution is -2.28. The van der Waals surface area contributed by atoms with Crippen LogP contribution in [0.1, 0.15) is 24.9 Å². The second-order valence-electron chi connectivity index (χ2n) is 5.54. The highest BCUT2D eigenvalue weighted by Crippen LogP contribution is 2.18. The van der Waals surface area contributed by atoms with Crippen molar-refractivity contribution in [3.05, 3.63) is 60.2 Å². The number of nitrogens with two attached hydrogens (primary N) is 1. The van der Waals surface area contributed by atoms with Crippen molar-refractivity contribution in [1.82, 2.24) is 5.32 Å². The third-order valence-electron chi connectivity index (χ3n) is 3.51. The van der Waals surface area contributed by atoms with E-state index in [-0.39, 0.29) is 30.9 Å². The number of benzene rings is 2. The van der Waals surface area contributed by atoms with Gasteiger partial charge in [0, 0.05) is 24.7 Å². The molecule has 0 radical (unpaired) electrons. The second kappa shape index (κ2) is 9.44. The maximum atomic E-state index is 12.1. The van der Waals surface area contributed by atoms with Crippen molar-refractivity contribution in [3.8, 4) is 5.75 Å². The number of ether oxygens (including phenoxy) is 1. The van der Waals surface area contributed by atoms with Gasteiger partial charge >= 0.3 is 0 Å². The lowest BCUT2D eigenvalue weighted by atomic mass is 10.0. The van der Waals surface area contributed by atoms with Crippen molar-refractivity contribution in [3.63, 3.8) is 0 Å². The Morgan fingerprint density at radius 2 is 1.72 bits per heavy atom. The number of hydrogen-bond acceptors (Lipinski definition) is 4. The first-order valence-electron chi connectivity index (χ1n) is 8.18. The zero-order chi connectivity index (χ0) is 18.1. The third kappa shape index (κ3) is 6.27. The van der Waals surface area contributed by atoms with Gasteiger partial charge in [-0.1, -0.05) is 30.3 Å². The molecule has 0 saturated heterocycles. The smallest absolute Gasteiger partial charge is 0.257 e. The lowest BCUT2D eigenvalue weighted by Gasteiger charge is -2.12. The van der Waals surface area contributed by atoms with Gasteiger partial charge in [-0.15, -0.1) is 0 Å². The van der Waals surface area contributed by atoms with Crippen LogP contribution in [0.5, 0.6) is 5.75 Å². The molecular weight excluding hydrogens is 318 g/mol. The first kappa shape index (κ1) is 18.5. The predicted molar refractivity (Wildman–Crippen MR) is 97.2 cm³/mol. The molecule has 6 heteroatoms. The molecule has 2 amide bonds. The van der Waals surface area contributed by atoms with Gasteiger partial charge in [0.25, 0.3) is 5.91 Å². The molecule has 0 heterocycles. The van der Waals surface area contributed by atoms with Crippen LogP contribution in [0.2, 0.25) is 0 Å². The summed E-state index contributed by atoms with van der Waals surface area (Å²) in [5, 5.41) is 5.45. The molecule has 1 unspecified atom stereocenters. The molecule has 0 aromatic heterocycles. The molecule has 132 valence electrons. The minimum Gasteiger partial charge on any atom is -0.484 e. The molecule has 2 rings (SSSR count). The highest BCUT2D eigenvalue weighted by molar-refractivity contribution is 5.91. The Labute approximate surface area is 147 Å². The molecule has 0 aliphatic carbocycles. The number of likely N-dealkylation sites (N-methyl/N-ethyl adjacent to an activating group) is 1. The van der Waals surface area contributed by atoms with Gasteiger partial charge in [0.2, 0.25) is 5.91 Å². The van der Waals surface area contributed by atoms with Crippen LogP contribution in [0.15, 0.2) is 54.6 Å². The average molecular weight is 341 g/mol. The minimum absolute atomic E-state index is 0.0362. The Kier molecular flexibility index (Phi) is 6.98. The molecule has 1 atom stereocenters. The van der Waals surface area contributed by atoms with Gasteiger partial charge in [-0.2, -0.15) is 0 Å². The van der Waals surface area contributed by atoms with Crippen molar-refractivity contribution in [2.24, 2.45) is 5.73 Å². The van der Waals surface area contributed by atoms with Crippen LogP contribution < -0.4 is 21.1 Å². The van der Waals surface area contributed by atoms with Gasteiger partial charge in [0.05, 0.1) is 0 Å². The summed E-state index contributed by atoms with van der Waals surface area (Å²) in [5.74, 6) is 0.229. The zero-order valence-electron chi connectivity index (χ0n) is 14.2. The van der Waals surface area contributed by atoms with E-state index in [1.165, 1.54) is 0 Å². The fourth-order valence-corrected chi connectivity index (χ4v) is 2.26. The molecule has 0 bridgehead atoms. The summed E-state index contributed by atoms with van der Waals surface area (Å²) in [6.07, 6.45) is 0.194. The topological polar surface area (TPSA) is 93.5 Å². The van der Waals surface area contributed by atoms with Gasteiger partial charge in [0.15, 0.2) is 6.61 Å². The van der Waals surface area contributed by atoms with E-state index in [0.29, 0.717) is 18.0 Å². The summed E-state index contributed by atoms with van der Waals surface area (Å²) in [4.78, 5) is 23.4. The molecule has 2 aromatic carbocycles. The SMILES string of the molecule is CCNC(=O)COc1ccc(NC(=O)CC(N)c2ccccc2)cc1. The summed E-state index contributed by atoms with van der Waals surface area (Å²) >= 11 is 0. The molecule has 6 nitrogen and oxygen atoms in total. The molecule has 0 spiro atoms. The highest BCUT2D eigenvalue weighted by Gasteiger charge is 2.11. The van der Waals surface area contributed by atoms with E-state index in [1.54, 1.807) is 24.3 Å². The van der Waals surface area contributed by atoms with Crippen molar-refractivity contribution < 1.29 is 14.3 Å². The van der Waals surface area contributed by atoms with Gasteiger partial charge < -0.3 is 21.1 Å². The summed E-state index contributed by atoms with van der Waals surface area (Å²) < 4.78 is 5.36. The number of rotatable bonds is 8. The maximum absolute atomic E-state index is 12.1. The Bertz CT molecular complexity index is 687. The van der Waals surface area contributed by atoms with Crippen LogP contribution in [0.25, 0.3) is 0 Å². The number of hydrogen-bond donors (Lipinski definition) is 3. The van der Waals surface area contributed by atoms with Crippen LogP contribution in [0.4, 0.5) is 5.69 Å². The van der Waals surface area contributed by atoms with Gasteiger partial charge in [-0.25, -0.2) is 0 Å². The van der Waals surface area contributed by atoms with Crippen molar-refractivity contribution >= 4 is 17.5 Å². The van der Waals surface area contributed by atoms with Crippen LogP contribution >= 0.6 is 0 Å². The first-order chi connectivity index (χ1) is 12.1. The first-order valence-corrected chi connectivity index (χ1v) is 8.18. The molecule has 2 aromatic rings. The Balaban J connectivity index is 1.82. The average Bonchev–Trinajstić information content (AvgIpc) is 2.62. The van der Waals surface area contributed by atoms with Crippen molar-refractivity contribution in [2.75, 3.05) is 18.5 Å². The largest absolute Gasteiger partial charge is 0.484 e. The van der Waals surface area contributed by atoms with E-state index in [9.17, 15) is 9.59 Å². The Morgan fingerprint density at radius 1 is 1.04 bits per heavy atom. The summed E-state index contributed by atoms with van der Waals surface area (Å²) in [6.45, 7) is 2.38. The molecule has 4 N–H and O–H groups in total. The van der Waals surface area contributed by atoms with Gasteiger partial charge in [-0.3, -0.25) is 9.59 Å². The summed E-state index contributed by atoms with van der Waals surface area (Å²) in [5.41, 5.74) is 7.62. The van der Waals surface area contributed by atoms with E-state index in [4.69, 9.17) is 10.5 Å². The third-order valence-corrected chi connectivity index (χ3v) is 3.51. The molecule has 0 fully saturated rings. The Hall–Kier alpha value is -2.86. The second-order valence-corrected chi connectivity index (χ2v) is 5.54. The van der Waals surface area contributed by atoms with Crippen LogP contribution in [0.3, 0.4) is 0 Å². The number of anilines is 1. The molecule has 0 aliphatic rings. The van der Waals surface area contributed by atoms with Crippen LogP contribution in [0, 0.1) is 0 Å². The standard InChI is InChI=1S/C19H23N3O3/c1-2-21-19(24)13-25-16-10-8-15(9-11-16)22-18(23)12-17(20)14-6-4-3-5-7-14/h3-11,17H,2,12-13,20H2,1H3,(H,21,24)(H,22,23). The normalized spacial score (nSPS) is 11.4. The zero-order valence-corrected chi connectivity index (χ0v) is 14.2. The van der Waals surface area contributed by atoms with Crippen LogP contribution in [-0.2, 0) is 9.59 Å². The number of carbonyl (C=O) groups excluding carboxylic acids is 2. The fourth-order valence-electron chi connectivity index (χ4n) is 2.26. The fraction of sp³-hybridized carbons (Fsp3) is 0.263. The van der Waals surface area contributed by atoms with E-state index in [2.05, 4.69) is 10.6 Å². The predicted octanol–water partition coefficient (Wildman–Crippen LogP) is 2.23. The van der Waals surface area contributed by atoms with Gasteiger partial charge in [-0.05, 0) is 36.8 Å². The molecule has 0 saturated carbocycles. The Morgan fingerprint density at radius 3 is 2.36 bits per heavy atom. The highest BCUT2D eigenvalue weighted by atomic mass is 16.5. The lowest BCUT2D eigenvalue weighted by molar-refractivity contribution is -0.123. The number of amides is 2. The van der Waals surface area contributed by atoms with Crippen molar-refractivity contribution in [1.29, 1.82) is 0 Å². The number of nitrogens with one attached hydrogen (secondary N) is 2. The number of carbonyl (C=O) groups is 2. The monoisotopic (exact) mass is 341 g/mol. The minimum atomic E-state index is -0.346. The molecule has 0 aliphatic heterocycles. The maximum Gasteiger partial charge on any atom is 0.257 e. The molecule has 25 heavy (non-hydrogen) atoms. The van der Waals surface area contributed by atoms with Gasteiger partial charge in [0.1, 0.15) is 5.75 Å². The van der Waals surface area contributed by atoms with E-state index >= 15 is 0 Å². The van der Waals surface area contributed by atoms with Crippen molar-refractivity contribution in [2.45, 2.75) is 19.4 Å². The summed E-state index contributed by atoms with van der Waals surface area (Å²) in [7, 11) is 0. The van der Waals surface area contributed by atoms with Crippen LogP contribution in [-0.4, -0.2) is 25.0 Å².